The lowest BCUT2D eigenvalue weighted by Gasteiger charge is -2.07. The normalized spacial score (nSPS) is 10.6. The van der Waals surface area contributed by atoms with Crippen molar-refractivity contribution < 1.29 is 9.53 Å². The minimum Gasteiger partial charge on any atom is -0.480 e. The number of pyridine rings is 2. The smallest absolute Gasteiger partial charge is 0.263 e. The quantitative estimate of drug-likeness (QED) is 0.803. The molecular formula is C15H13ClN4O2. The molecule has 0 aliphatic rings. The van der Waals surface area contributed by atoms with Crippen LogP contribution in [0.25, 0.3) is 5.65 Å². The van der Waals surface area contributed by atoms with Gasteiger partial charge in [0.1, 0.15) is 5.82 Å². The largest absolute Gasteiger partial charge is 0.480 e. The van der Waals surface area contributed by atoms with Crippen molar-refractivity contribution in [3.05, 3.63) is 53.6 Å². The van der Waals surface area contributed by atoms with Crippen LogP contribution in [-0.2, 0) is 4.79 Å². The molecule has 1 N–H and O–H groups in total. The van der Waals surface area contributed by atoms with Gasteiger partial charge in [0, 0.05) is 18.6 Å². The van der Waals surface area contributed by atoms with Gasteiger partial charge >= 0.3 is 0 Å². The molecule has 7 heteroatoms. The van der Waals surface area contributed by atoms with Crippen LogP contribution < -0.4 is 10.1 Å². The van der Waals surface area contributed by atoms with Gasteiger partial charge in [0.15, 0.2) is 18.0 Å². The summed E-state index contributed by atoms with van der Waals surface area (Å²) >= 11 is 5.74. The van der Waals surface area contributed by atoms with Gasteiger partial charge in [-0.15, -0.1) is 0 Å². The number of imidazole rings is 1. The maximum Gasteiger partial charge on any atom is 0.263 e. The van der Waals surface area contributed by atoms with Crippen LogP contribution in [0.2, 0.25) is 5.02 Å². The van der Waals surface area contributed by atoms with E-state index in [2.05, 4.69) is 15.3 Å². The summed E-state index contributed by atoms with van der Waals surface area (Å²) < 4.78 is 7.39. The number of amides is 1. The summed E-state index contributed by atoms with van der Waals surface area (Å²) in [6, 6.07) is 6.88. The Hall–Kier alpha value is -2.60. The summed E-state index contributed by atoms with van der Waals surface area (Å²) in [6.45, 7) is 1.77. The molecule has 3 rings (SSSR count). The average molecular weight is 317 g/mol. The van der Waals surface area contributed by atoms with Crippen molar-refractivity contribution in [2.75, 3.05) is 11.9 Å². The number of ether oxygens (including phenoxy) is 1. The van der Waals surface area contributed by atoms with Crippen molar-refractivity contribution in [2.24, 2.45) is 0 Å². The summed E-state index contributed by atoms with van der Waals surface area (Å²) in [5, 5.41) is 3.14. The van der Waals surface area contributed by atoms with E-state index in [-0.39, 0.29) is 12.5 Å². The molecule has 0 aliphatic carbocycles. The SMILES string of the molecule is Cc1cn2cccc(OCC(=O)Nc3ccc(Cl)cn3)c2n1. The van der Waals surface area contributed by atoms with E-state index in [9.17, 15) is 4.79 Å². The fourth-order valence-corrected chi connectivity index (χ4v) is 2.11. The number of nitrogens with one attached hydrogen (secondary N) is 1. The number of halogens is 1. The van der Waals surface area contributed by atoms with Crippen LogP contribution in [0, 0.1) is 6.92 Å². The molecule has 3 aromatic heterocycles. The highest BCUT2D eigenvalue weighted by Gasteiger charge is 2.09. The first-order valence-corrected chi connectivity index (χ1v) is 6.98. The van der Waals surface area contributed by atoms with Gasteiger partial charge in [-0.05, 0) is 31.2 Å². The van der Waals surface area contributed by atoms with Crippen LogP contribution in [0.4, 0.5) is 5.82 Å². The van der Waals surface area contributed by atoms with E-state index in [4.69, 9.17) is 16.3 Å². The Labute approximate surface area is 131 Å². The molecule has 0 saturated heterocycles. The first-order valence-electron chi connectivity index (χ1n) is 6.60. The van der Waals surface area contributed by atoms with Crippen LogP contribution in [0.5, 0.6) is 5.75 Å². The van der Waals surface area contributed by atoms with Crippen LogP contribution in [-0.4, -0.2) is 26.9 Å². The van der Waals surface area contributed by atoms with Crippen molar-refractivity contribution in [2.45, 2.75) is 6.92 Å². The summed E-state index contributed by atoms with van der Waals surface area (Å²) in [5.41, 5.74) is 1.56. The molecular weight excluding hydrogens is 304 g/mol. The summed E-state index contributed by atoms with van der Waals surface area (Å²) in [7, 11) is 0. The third kappa shape index (κ3) is 3.17. The van der Waals surface area contributed by atoms with Crippen LogP contribution in [0.3, 0.4) is 0 Å². The summed E-state index contributed by atoms with van der Waals surface area (Å²) in [6.07, 6.45) is 5.23. The van der Waals surface area contributed by atoms with Crippen molar-refractivity contribution in [1.29, 1.82) is 0 Å². The molecule has 3 aromatic rings. The Balaban J connectivity index is 1.66. The summed E-state index contributed by atoms with van der Waals surface area (Å²) in [5.74, 6) is 0.669. The fraction of sp³-hybridized carbons (Fsp3) is 0.133. The predicted molar refractivity (Wildman–Crippen MR) is 83.3 cm³/mol. The van der Waals surface area contributed by atoms with E-state index >= 15 is 0 Å². The number of fused-ring (bicyclic) bond motifs is 1. The number of hydrogen-bond acceptors (Lipinski definition) is 4. The van der Waals surface area contributed by atoms with Gasteiger partial charge in [-0.3, -0.25) is 4.79 Å². The molecule has 3 heterocycles. The first-order chi connectivity index (χ1) is 10.6. The molecule has 0 aromatic carbocycles. The van der Waals surface area contributed by atoms with E-state index in [1.54, 1.807) is 18.2 Å². The van der Waals surface area contributed by atoms with Gasteiger partial charge in [-0.25, -0.2) is 9.97 Å². The zero-order valence-corrected chi connectivity index (χ0v) is 12.5. The molecule has 0 radical (unpaired) electrons. The highest BCUT2D eigenvalue weighted by atomic mass is 35.5. The minimum absolute atomic E-state index is 0.129. The Kier molecular flexibility index (Phi) is 3.93. The molecule has 22 heavy (non-hydrogen) atoms. The number of hydrogen-bond donors (Lipinski definition) is 1. The molecule has 0 atom stereocenters. The lowest BCUT2D eigenvalue weighted by molar-refractivity contribution is -0.118. The van der Waals surface area contributed by atoms with Crippen LogP contribution in [0.1, 0.15) is 5.69 Å². The van der Waals surface area contributed by atoms with E-state index in [1.165, 1.54) is 6.20 Å². The molecule has 0 aliphatic heterocycles. The number of rotatable bonds is 4. The molecule has 0 spiro atoms. The number of aryl methyl sites for hydroxylation is 1. The molecule has 0 unspecified atom stereocenters. The Morgan fingerprint density at radius 1 is 1.41 bits per heavy atom. The van der Waals surface area contributed by atoms with E-state index in [0.717, 1.165) is 5.69 Å². The molecule has 0 saturated carbocycles. The van der Waals surface area contributed by atoms with Gasteiger partial charge in [0.25, 0.3) is 5.91 Å². The number of carbonyl (C=O) groups is 1. The molecule has 112 valence electrons. The topological polar surface area (TPSA) is 68.5 Å². The van der Waals surface area contributed by atoms with Gasteiger partial charge in [0.2, 0.25) is 0 Å². The van der Waals surface area contributed by atoms with Gasteiger partial charge in [-0.2, -0.15) is 0 Å². The second kappa shape index (κ2) is 6.03. The average Bonchev–Trinajstić information content (AvgIpc) is 2.88. The summed E-state index contributed by atoms with van der Waals surface area (Å²) in [4.78, 5) is 20.2. The van der Waals surface area contributed by atoms with Crippen molar-refractivity contribution in [3.63, 3.8) is 0 Å². The molecule has 6 nitrogen and oxygen atoms in total. The Bertz CT molecular complexity index is 814. The molecule has 0 fully saturated rings. The Morgan fingerprint density at radius 2 is 2.27 bits per heavy atom. The highest BCUT2D eigenvalue weighted by Crippen LogP contribution is 2.18. The van der Waals surface area contributed by atoms with E-state index in [1.807, 2.05) is 29.8 Å². The minimum atomic E-state index is -0.305. The lowest BCUT2D eigenvalue weighted by Crippen LogP contribution is -2.20. The second-order valence-electron chi connectivity index (χ2n) is 4.68. The van der Waals surface area contributed by atoms with E-state index < -0.39 is 0 Å². The van der Waals surface area contributed by atoms with E-state index in [0.29, 0.717) is 22.2 Å². The van der Waals surface area contributed by atoms with Crippen LogP contribution >= 0.6 is 11.6 Å². The number of carbonyl (C=O) groups excluding carboxylic acids is 1. The van der Waals surface area contributed by atoms with Gasteiger partial charge < -0.3 is 14.5 Å². The molecule has 1 amide bonds. The number of aromatic nitrogens is 3. The zero-order valence-electron chi connectivity index (χ0n) is 11.8. The van der Waals surface area contributed by atoms with Crippen molar-refractivity contribution in [1.82, 2.24) is 14.4 Å². The van der Waals surface area contributed by atoms with Crippen molar-refractivity contribution in [3.8, 4) is 5.75 Å². The highest BCUT2D eigenvalue weighted by molar-refractivity contribution is 6.30. The van der Waals surface area contributed by atoms with Gasteiger partial charge in [0.05, 0.1) is 10.7 Å². The Morgan fingerprint density at radius 3 is 3.05 bits per heavy atom. The first kappa shape index (κ1) is 14.3. The zero-order chi connectivity index (χ0) is 15.5. The maximum atomic E-state index is 11.9. The predicted octanol–water partition coefficient (Wildman–Crippen LogP) is 2.71. The van der Waals surface area contributed by atoms with Crippen molar-refractivity contribution >= 4 is 29.0 Å². The second-order valence-corrected chi connectivity index (χ2v) is 5.12. The van der Waals surface area contributed by atoms with Crippen LogP contribution in [0.15, 0.2) is 42.9 Å². The van der Waals surface area contributed by atoms with Gasteiger partial charge in [-0.1, -0.05) is 11.6 Å². The molecule has 0 bridgehead atoms. The maximum absolute atomic E-state index is 11.9. The third-order valence-electron chi connectivity index (χ3n) is 2.92. The number of anilines is 1. The number of nitrogens with zero attached hydrogens (tertiary/aromatic N) is 3. The lowest BCUT2D eigenvalue weighted by atomic mass is 10.4. The fourth-order valence-electron chi connectivity index (χ4n) is 1.99. The third-order valence-corrected chi connectivity index (χ3v) is 3.14. The monoisotopic (exact) mass is 316 g/mol. The standard InChI is InChI=1S/C15H13ClN4O2/c1-10-8-20-6-2-3-12(15(20)18-10)22-9-14(21)19-13-5-4-11(16)7-17-13/h2-8H,9H2,1H3,(H,17,19,21).